The lowest BCUT2D eigenvalue weighted by Crippen LogP contribution is -2.36. The summed E-state index contributed by atoms with van der Waals surface area (Å²) in [4.78, 5) is 0. The summed E-state index contributed by atoms with van der Waals surface area (Å²) in [6, 6.07) is 9.30. The highest BCUT2D eigenvalue weighted by atomic mass is 16.3. The first kappa shape index (κ1) is 14.1. The molecule has 2 aliphatic rings. The zero-order chi connectivity index (χ0) is 14.2. The Bertz CT molecular complexity index is 468. The van der Waals surface area contributed by atoms with Crippen molar-refractivity contribution in [1.29, 1.82) is 0 Å². The number of hydrogen-bond acceptors (Lipinski definition) is 2. The van der Waals surface area contributed by atoms with E-state index in [0.29, 0.717) is 12.0 Å². The van der Waals surface area contributed by atoms with Gasteiger partial charge in [0, 0.05) is 6.04 Å². The summed E-state index contributed by atoms with van der Waals surface area (Å²) in [5, 5.41) is 13.6. The van der Waals surface area contributed by atoms with Gasteiger partial charge in [-0.05, 0) is 54.7 Å². The summed E-state index contributed by atoms with van der Waals surface area (Å²) in [5.41, 5.74) is 3.27. The highest BCUT2D eigenvalue weighted by Crippen LogP contribution is 2.45. The fourth-order valence-corrected chi connectivity index (χ4v) is 4.11. The minimum absolute atomic E-state index is 0.0700. The van der Waals surface area contributed by atoms with E-state index in [1.54, 1.807) is 0 Å². The minimum atomic E-state index is -0.0700. The summed E-state index contributed by atoms with van der Waals surface area (Å²) in [5.74, 6) is 0.641. The summed E-state index contributed by atoms with van der Waals surface area (Å²) in [6.07, 6.45) is 5.50. The van der Waals surface area contributed by atoms with Crippen LogP contribution in [0.3, 0.4) is 0 Å². The van der Waals surface area contributed by atoms with Gasteiger partial charge < -0.3 is 10.4 Å². The second-order valence-electron chi connectivity index (χ2n) is 7.39. The molecule has 3 unspecified atom stereocenters. The molecular weight excluding hydrogens is 246 g/mol. The fraction of sp³-hybridized carbons (Fsp3) is 0.667. The maximum absolute atomic E-state index is 9.80. The molecule has 2 aliphatic carbocycles. The highest BCUT2D eigenvalue weighted by molar-refractivity contribution is 5.37. The molecule has 0 heterocycles. The van der Waals surface area contributed by atoms with E-state index in [1.807, 2.05) is 0 Å². The lowest BCUT2D eigenvalue weighted by Gasteiger charge is -2.32. The van der Waals surface area contributed by atoms with Gasteiger partial charge in [0.2, 0.25) is 0 Å². The Morgan fingerprint density at radius 2 is 2.05 bits per heavy atom. The molecule has 2 N–H and O–H groups in total. The number of aliphatic hydroxyl groups excluding tert-OH is 1. The van der Waals surface area contributed by atoms with E-state index in [2.05, 4.69) is 43.4 Å². The minimum Gasteiger partial charge on any atom is -0.393 e. The molecule has 2 nitrogen and oxygen atoms in total. The van der Waals surface area contributed by atoms with Crippen LogP contribution in [0.15, 0.2) is 24.3 Å². The van der Waals surface area contributed by atoms with E-state index >= 15 is 0 Å². The topological polar surface area (TPSA) is 32.3 Å². The Morgan fingerprint density at radius 3 is 2.85 bits per heavy atom. The zero-order valence-electron chi connectivity index (χ0n) is 12.7. The van der Waals surface area contributed by atoms with Crippen molar-refractivity contribution in [2.75, 3.05) is 6.54 Å². The van der Waals surface area contributed by atoms with Crippen molar-refractivity contribution in [3.63, 3.8) is 0 Å². The number of fused-ring (bicyclic) bond motifs is 1. The van der Waals surface area contributed by atoms with Gasteiger partial charge in [0.25, 0.3) is 0 Å². The van der Waals surface area contributed by atoms with Gasteiger partial charge in [0.15, 0.2) is 0 Å². The molecule has 1 saturated carbocycles. The average molecular weight is 273 g/mol. The van der Waals surface area contributed by atoms with Crippen LogP contribution in [0.25, 0.3) is 0 Å². The number of nitrogens with one attached hydrogen (secondary N) is 1. The van der Waals surface area contributed by atoms with E-state index in [4.69, 9.17) is 0 Å². The molecule has 3 atom stereocenters. The number of benzene rings is 1. The van der Waals surface area contributed by atoms with Crippen molar-refractivity contribution in [3.8, 4) is 0 Å². The molecule has 0 amide bonds. The molecule has 1 fully saturated rings. The van der Waals surface area contributed by atoms with Crippen LogP contribution in [0.4, 0.5) is 0 Å². The molecule has 0 aromatic heterocycles. The van der Waals surface area contributed by atoms with Crippen molar-refractivity contribution in [2.45, 2.75) is 58.1 Å². The summed E-state index contributed by atoms with van der Waals surface area (Å²) in [7, 11) is 0. The predicted molar refractivity (Wildman–Crippen MR) is 82.6 cm³/mol. The molecular formula is C18H27NO. The van der Waals surface area contributed by atoms with Crippen molar-refractivity contribution in [1.82, 2.24) is 5.32 Å². The Hall–Kier alpha value is -0.860. The van der Waals surface area contributed by atoms with Crippen LogP contribution >= 0.6 is 0 Å². The van der Waals surface area contributed by atoms with Crippen molar-refractivity contribution < 1.29 is 5.11 Å². The third kappa shape index (κ3) is 2.77. The summed E-state index contributed by atoms with van der Waals surface area (Å²) >= 11 is 0. The van der Waals surface area contributed by atoms with Gasteiger partial charge in [-0.15, -0.1) is 0 Å². The van der Waals surface area contributed by atoms with Crippen LogP contribution in [0.1, 0.15) is 56.7 Å². The second kappa shape index (κ2) is 5.50. The quantitative estimate of drug-likeness (QED) is 0.884. The monoisotopic (exact) mass is 273 g/mol. The smallest absolute Gasteiger partial charge is 0.0543 e. The zero-order valence-corrected chi connectivity index (χ0v) is 12.7. The van der Waals surface area contributed by atoms with E-state index < -0.39 is 0 Å². The standard InChI is InChI=1S/C18H27NO/c1-18(2)11-14-7-3-4-9-16(14)17(18)19-12-13-6-5-8-15(20)10-13/h3-4,7,9,13,15,17,19-20H,5-6,8,10-12H2,1-2H3. The SMILES string of the molecule is CC1(C)Cc2ccccc2C1NCC1CCCC(O)C1. The maximum Gasteiger partial charge on any atom is 0.0543 e. The Morgan fingerprint density at radius 1 is 1.25 bits per heavy atom. The molecule has 110 valence electrons. The molecule has 0 radical (unpaired) electrons. The first-order chi connectivity index (χ1) is 9.56. The first-order valence-corrected chi connectivity index (χ1v) is 8.05. The van der Waals surface area contributed by atoms with Gasteiger partial charge in [-0.1, -0.05) is 44.5 Å². The van der Waals surface area contributed by atoms with Gasteiger partial charge >= 0.3 is 0 Å². The molecule has 2 heteroatoms. The van der Waals surface area contributed by atoms with Crippen LogP contribution in [0, 0.1) is 11.3 Å². The van der Waals surface area contributed by atoms with Gasteiger partial charge in [0.1, 0.15) is 0 Å². The predicted octanol–water partition coefficient (Wildman–Crippen LogP) is 3.45. The molecule has 1 aromatic rings. The molecule has 1 aromatic carbocycles. The molecule has 0 bridgehead atoms. The van der Waals surface area contributed by atoms with Crippen molar-refractivity contribution >= 4 is 0 Å². The number of hydrogen-bond donors (Lipinski definition) is 2. The lowest BCUT2D eigenvalue weighted by molar-refractivity contribution is 0.0974. The fourth-order valence-electron chi connectivity index (χ4n) is 4.11. The molecule has 0 spiro atoms. The normalized spacial score (nSPS) is 32.0. The number of aliphatic hydroxyl groups is 1. The van der Waals surface area contributed by atoms with Crippen molar-refractivity contribution in [3.05, 3.63) is 35.4 Å². The Labute approximate surface area is 122 Å². The van der Waals surface area contributed by atoms with Crippen LogP contribution in [0.2, 0.25) is 0 Å². The van der Waals surface area contributed by atoms with Gasteiger partial charge in [-0.3, -0.25) is 0 Å². The van der Waals surface area contributed by atoms with E-state index in [-0.39, 0.29) is 11.5 Å². The third-order valence-electron chi connectivity index (χ3n) is 5.16. The maximum atomic E-state index is 9.80. The number of rotatable bonds is 3. The van der Waals surface area contributed by atoms with Crippen molar-refractivity contribution in [2.24, 2.45) is 11.3 Å². The van der Waals surface area contributed by atoms with E-state index in [0.717, 1.165) is 25.8 Å². The second-order valence-corrected chi connectivity index (χ2v) is 7.39. The first-order valence-electron chi connectivity index (χ1n) is 8.05. The molecule has 20 heavy (non-hydrogen) atoms. The summed E-state index contributed by atoms with van der Waals surface area (Å²) < 4.78 is 0. The van der Waals surface area contributed by atoms with Gasteiger partial charge in [-0.25, -0.2) is 0 Å². The van der Waals surface area contributed by atoms with Crippen LogP contribution < -0.4 is 5.32 Å². The Kier molecular flexibility index (Phi) is 3.87. The van der Waals surface area contributed by atoms with E-state index in [9.17, 15) is 5.11 Å². The van der Waals surface area contributed by atoms with Gasteiger partial charge in [-0.2, -0.15) is 0 Å². The highest BCUT2D eigenvalue weighted by Gasteiger charge is 2.38. The molecule has 0 aliphatic heterocycles. The van der Waals surface area contributed by atoms with E-state index in [1.165, 1.54) is 24.0 Å². The van der Waals surface area contributed by atoms with Gasteiger partial charge in [0.05, 0.1) is 6.10 Å². The third-order valence-corrected chi connectivity index (χ3v) is 5.16. The summed E-state index contributed by atoms with van der Waals surface area (Å²) in [6.45, 7) is 5.76. The molecule has 3 rings (SSSR count). The molecule has 0 saturated heterocycles. The average Bonchev–Trinajstić information content (AvgIpc) is 2.66. The van der Waals surface area contributed by atoms with Crippen LogP contribution in [-0.2, 0) is 6.42 Å². The van der Waals surface area contributed by atoms with Crippen LogP contribution in [0.5, 0.6) is 0 Å². The lowest BCUT2D eigenvalue weighted by atomic mass is 9.83. The van der Waals surface area contributed by atoms with Crippen LogP contribution in [-0.4, -0.2) is 17.8 Å². The Balaban J connectivity index is 1.67. The largest absolute Gasteiger partial charge is 0.393 e.